The Morgan fingerprint density at radius 3 is 2.90 bits per heavy atom. The quantitative estimate of drug-likeness (QED) is 0.798. The van der Waals surface area contributed by atoms with Gasteiger partial charge in [0, 0.05) is 30.1 Å². The number of ether oxygens (including phenoxy) is 1. The van der Waals surface area contributed by atoms with Crippen LogP contribution in [0.3, 0.4) is 0 Å². The summed E-state index contributed by atoms with van der Waals surface area (Å²) in [6.07, 6.45) is 7.66. The predicted molar refractivity (Wildman–Crippen MR) is 75.9 cm³/mol. The van der Waals surface area contributed by atoms with Gasteiger partial charge in [-0.25, -0.2) is 4.68 Å². The van der Waals surface area contributed by atoms with Gasteiger partial charge in [-0.15, -0.1) is 10.2 Å². The zero-order valence-electron chi connectivity index (χ0n) is 11.9. The zero-order chi connectivity index (χ0) is 13.9. The van der Waals surface area contributed by atoms with Crippen LogP contribution in [0.4, 0.5) is 0 Å². The predicted octanol–water partition coefficient (Wildman–Crippen LogP) is 1.76. The van der Waals surface area contributed by atoms with Gasteiger partial charge in [0.25, 0.3) is 0 Å². The van der Waals surface area contributed by atoms with Gasteiger partial charge in [-0.05, 0) is 32.8 Å². The molecule has 0 bridgehead atoms. The summed E-state index contributed by atoms with van der Waals surface area (Å²) in [6, 6.07) is 2.15. The molecule has 0 N–H and O–H groups in total. The van der Waals surface area contributed by atoms with Gasteiger partial charge in [-0.3, -0.25) is 0 Å². The minimum atomic E-state index is 0.349. The molecule has 0 amide bonds. The molecule has 2 aromatic rings. The molecule has 3 rings (SSSR count). The van der Waals surface area contributed by atoms with E-state index in [9.17, 15) is 0 Å². The summed E-state index contributed by atoms with van der Waals surface area (Å²) in [5, 5.41) is 11.8. The van der Waals surface area contributed by atoms with Gasteiger partial charge in [0.05, 0.1) is 12.3 Å². The van der Waals surface area contributed by atoms with Crippen molar-refractivity contribution >= 4 is 6.21 Å². The Bertz CT molecular complexity index is 593. The van der Waals surface area contributed by atoms with Crippen molar-refractivity contribution in [2.24, 2.45) is 5.10 Å². The molecular weight excluding hydrogens is 254 g/mol. The molecule has 0 aromatic carbocycles. The highest BCUT2D eigenvalue weighted by molar-refractivity contribution is 5.81. The molecule has 0 unspecified atom stereocenters. The molecule has 2 aromatic heterocycles. The third-order valence-electron chi connectivity index (χ3n) is 3.76. The Hall–Kier alpha value is -1.95. The van der Waals surface area contributed by atoms with E-state index in [-0.39, 0.29) is 0 Å². The van der Waals surface area contributed by atoms with Crippen LogP contribution < -0.4 is 0 Å². The van der Waals surface area contributed by atoms with Crippen molar-refractivity contribution in [2.75, 3.05) is 6.61 Å². The minimum Gasteiger partial charge on any atom is -0.376 e. The van der Waals surface area contributed by atoms with Crippen LogP contribution >= 0.6 is 0 Å². The second-order valence-corrected chi connectivity index (χ2v) is 5.16. The van der Waals surface area contributed by atoms with E-state index in [0.717, 1.165) is 25.1 Å². The average molecular weight is 273 g/mol. The lowest BCUT2D eigenvalue weighted by Crippen LogP contribution is -2.16. The lowest BCUT2D eigenvalue weighted by atomic mass is 10.2. The van der Waals surface area contributed by atoms with E-state index in [2.05, 4.69) is 39.8 Å². The lowest BCUT2D eigenvalue weighted by Gasteiger charge is -2.14. The third kappa shape index (κ3) is 2.65. The molecule has 0 saturated carbocycles. The van der Waals surface area contributed by atoms with Crippen LogP contribution in [-0.2, 0) is 11.3 Å². The molecule has 1 fully saturated rings. The summed E-state index contributed by atoms with van der Waals surface area (Å²) in [6.45, 7) is 6.07. The van der Waals surface area contributed by atoms with Gasteiger partial charge in [0.15, 0.2) is 0 Å². The molecule has 1 aliphatic rings. The largest absolute Gasteiger partial charge is 0.376 e. The lowest BCUT2D eigenvalue weighted by molar-refractivity contribution is 0.0962. The first-order valence-corrected chi connectivity index (χ1v) is 6.91. The molecule has 3 heterocycles. The van der Waals surface area contributed by atoms with Crippen molar-refractivity contribution in [1.29, 1.82) is 0 Å². The van der Waals surface area contributed by atoms with E-state index in [1.165, 1.54) is 17.8 Å². The minimum absolute atomic E-state index is 0.349. The van der Waals surface area contributed by atoms with Crippen molar-refractivity contribution in [3.05, 3.63) is 35.7 Å². The van der Waals surface area contributed by atoms with Crippen LogP contribution in [0.2, 0.25) is 0 Å². The number of aromatic nitrogens is 4. The van der Waals surface area contributed by atoms with Gasteiger partial charge in [-0.2, -0.15) is 5.10 Å². The van der Waals surface area contributed by atoms with Gasteiger partial charge >= 0.3 is 0 Å². The molecule has 0 radical (unpaired) electrons. The van der Waals surface area contributed by atoms with Crippen molar-refractivity contribution < 1.29 is 4.74 Å². The van der Waals surface area contributed by atoms with Crippen LogP contribution in [-0.4, -0.2) is 38.4 Å². The SMILES string of the molecule is Cc1cc(/C=N\n2cnnc2)c(C)n1C[C@H]1CCCO1. The summed E-state index contributed by atoms with van der Waals surface area (Å²) in [5.74, 6) is 0. The van der Waals surface area contributed by atoms with Crippen LogP contribution in [0.5, 0.6) is 0 Å². The van der Waals surface area contributed by atoms with Crippen LogP contribution in [0.15, 0.2) is 23.8 Å². The van der Waals surface area contributed by atoms with E-state index in [1.807, 2.05) is 6.21 Å². The fourth-order valence-electron chi connectivity index (χ4n) is 2.62. The number of rotatable bonds is 4. The number of hydrogen-bond acceptors (Lipinski definition) is 4. The first kappa shape index (κ1) is 13.1. The Balaban J connectivity index is 1.79. The van der Waals surface area contributed by atoms with E-state index in [0.29, 0.717) is 6.10 Å². The normalized spacial score (nSPS) is 19.2. The standard InChI is InChI=1S/C14H19N5O/c1-11-6-13(7-17-18-9-15-16-10-18)12(2)19(11)8-14-4-3-5-20-14/h6-7,9-10,14H,3-5,8H2,1-2H3/b17-7-/t14-/m1/s1. The van der Waals surface area contributed by atoms with Crippen LogP contribution in [0, 0.1) is 13.8 Å². The van der Waals surface area contributed by atoms with Gasteiger partial charge in [-0.1, -0.05) is 0 Å². The van der Waals surface area contributed by atoms with E-state index in [1.54, 1.807) is 17.3 Å². The second-order valence-electron chi connectivity index (χ2n) is 5.16. The highest BCUT2D eigenvalue weighted by atomic mass is 16.5. The number of hydrogen-bond donors (Lipinski definition) is 0. The molecule has 1 aliphatic heterocycles. The highest BCUT2D eigenvalue weighted by Crippen LogP contribution is 2.19. The summed E-state index contributed by atoms with van der Waals surface area (Å²) in [7, 11) is 0. The molecule has 1 saturated heterocycles. The first-order chi connectivity index (χ1) is 9.74. The smallest absolute Gasteiger partial charge is 0.141 e. The maximum absolute atomic E-state index is 5.72. The molecule has 106 valence electrons. The number of nitrogens with zero attached hydrogens (tertiary/aromatic N) is 5. The van der Waals surface area contributed by atoms with Crippen molar-refractivity contribution in [3.63, 3.8) is 0 Å². The summed E-state index contributed by atoms with van der Waals surface area (Å²) in [5.41, 5.74) is 3.58. The van der Waals surface area contributed by atoms with E-state index < -0.39 is 0 Å². The van der Waals surface area contributed by atoms with Crippen molar-refractivity contribution in [3.8, 4) is 0 Å². The third-order valence-corrected chi connectivity index (χ3v) is 3.76. The van der Waals surface area contributed by atoms with E-state index in [4.69, 9.17) is 4.74 Å². The Morgan fingerprint density at radius 1 is 1.40 bits per heavy atom. The average Bonchev–Trinajstić information content (AvgIpc) is 3.15. The first-order valence-electron chi connectivity index (χ1n) is 6.91. The second kappa shape index (κ2) is 5.58. The molecule has 0 spiro atoms. The molecule has 0 aliphatic carbocycles. The topological polar surface area (TPSA) is 57.2 Å². The van der Waals surface area contributed by atoms with Crippen LogP contribution in [0.25, 0.3) is 0 Å². The number of aryl methyl sites for hydroxylation is 1. The molecule has 6 heteroatoms. The van der Waals surface area contributed by atoms with Gasteiger partial charge < -0.3 is 9.30 Å². The Morgan fingerprint density at radius 2 is 2.20 bits per heavy atom. The maximum Gasteiger partial charge on any atom is 0.141 e. The Labute approximate surface area is 118 Å². The maximum atomic E-state index is 5.72. The monoisotopic (exact) mass is 273 g/mol. The van der Waals surface area contributed by atoms with Crippen LogP contribution in [0.1, 0.15) is 29.8 Å². The molecule has 6 nitrogen and oxygen atoms in total. The van der Waals surface area contributed by atoms with Crippen molar-refractivity contribution in [2.45, 2.75) is 39.3 Å². The molecule has 20 heavy (non-hydrogen) atoms. The Kier molecular flexibility index (Phi) is 3.64. The van der Waals surface area contributed by atoms with Gasteiger partial charge in [0.2, 0.25) is 0 Å². The molecule has 1 atom stereocenters. The molecular formula is C14H19N5O. The van der Waals surface area contributed by atoms with Crippen molar-refractivity contribution in [1.82, 2.24) is 19.4 Å². The fraction of sp³-hybridized carbons (Fsp3) is 0.500. The summed E-state index contributed by atoms with van der Waals surface area (Å²) < 4.78 is 9.62. The summed E-state index contributed by atoms with van der Waals surface area (Å²) in [4.78, 5) is 0. The van der Waals surface area contributed by atoms with Gasteiger partial charge in [0.1, 0.15) is 12.7 Å². The summed E-state index contributed by atoms with van der Waals surface area (Å²) >= 11 is 0. The highest BCUT2D eigenvalue weighted by Gasteiger charge is 2.18. The zero-order valence-corrected chi connectivity index (χ0v) is 11.9. The van der Waals surface area contributed by atoms with E-state index >= 15 is 0 Å². The fourth-order valence-corrected chi connectivity index (χ4v) is 2.62.